The molecular formula is C17H23N3. The number of benzene rings is 1. The van der Waals surface area contributed by atoms with Crippen molar-refractivity contribution in [3.8, 4) is 0 Å². The fourth-order valence-electron chi connectivity index (χ4n) is 3.79. The van der Waals surface area contributed by atoms with Crippen molar-refractivity contribution in [1.82, 2.24) is 4.98 Å². The van der Waals surface area contributed by atoms with Gasteiger partial charge >= 0.3 is 0 Å². The van der Waals surface area contributed by atoms with Gasteiger partial charge in [0.1, 0.15) is 5.82 Å². The first kappa shape index (κ1) is 12.3. The molecule has 1 aromatic heterocycles. The van der Waals surface area contributed by atoms with Crippen molar-refractivity contribution in [2.45, 2.75) is 38.0 Å². The molecule has 1 aromatic carbocycles. The van der Waals surface area contributed by atoms with E-state index in [1.807, 2.05) is 0 Å². The van der Waals surface area contributed by atoms with E-state index >= 15 is 0 Å². The lowest BCUT2D eigenvalue weighted by Crippen LogP contribution is -2.38. The topological polar surface area (TPSA) is 45.1 Å². The first-order valence-corrected chi connectivity index (χ1v) is 7.71. The molecule has 3 aliphatic rings. The summed E-state index contributed by atoms with van der Waals surface area (Å²) in [6.45, 7) is 7.56. The van der Waals surface area contributed by atoms with Crippen LogP contribution in [0.15, 0.2) is 18.2 Å². The molecule has 2 bridgehead atoms. The zero-order valence-electron chi connectivity index (χ0n) is 12.4. The number of aromatic amines is 1. The molecule has 0 atom stereocenters. The number of piperidine rings is 1. The second kappa shape index (κ2) is 4.01. The lowest BCUT2D eigenvalue weighted by atomic mass is 9.81. The van der Waals surface area contributed by atoms with Crippen molar-refractivity contribution in [3.05, 3.63) is 29.3 Å². The molecule has 3 N–H and O–H groups in total. The fourth-order valence-corrected chi connectivity index (χ4v) is 3.79. The highest BCUT2D eigenvalue weighted by Crippen LogP contribution is 2.46. The molecule has 106 valence electrons. The first-order valence-electron chi connectivity index (χ1n) is 7.71. The molecule has 3 aliphatic heterocycles. The zero-order valence-corrected chi connectivity index (χ0v) is 12.4. The predicted molar refractivity (Wildman–Crippen MR) is 84.6 cm³/mol. The average Bonchev–Trinajstić information content (AvgIpc) is 2.89. The number of nitrogens with one attached hydrogen (secondary N) is 1. The minimum absolute atomic E-state index is 0.0479. The first-order chi connectivity index (χ1) is 9.60. The maximum absolute atomic E-state index is 5.94. The smallest absolute Gasteiger partial charge is 0.110 e. The highest BCUT2D eigenvalue weighted by atomic mass is 15.2. The van der Waals surface area contributed by atoms with E-state index in [0.29, 0.717) is 6.54 Å². The van der Waals surface area contributed by atoms with Crippen LogP contribution >= 0.6 is 0 Å². The molecule has 3 heteroatoms. The van der Waals surface area contributed by atoms with Crippen molar-refractivity contribution in [2.24, 2.45) is 5.73 Å². The predicted octanol–water partition coefficient (Wildman–Crippen LogP) is 3.10. The van der Waals surface area contributed by atoms with Gasteiger partial charge in [0.2, 0.25) is 0 Å². The Morgan fingerprint density at radius 3 is 2.75 bits per heavy atom. The van der Waals surface area contributed by atoms with Crippen molar-refractivity contribution in [2.75, 3.05) is 24.5 Å². The number of H-pyrrole nitrogens is 1. The highest BCUT2D eigenvalue weighted by Gasteiger charge is 2.34. The molecule has 0 spiro atoms. The highest BCUT2D eigenvalue weighted by molar-refractivity contribution is 5.91. The van der Waals surface area contributed by atoms with E-state index in [0.717, 1.165) is 5.92 Å². The summed E-state index contributed by atoms with van der Waals surface area (Å²) in [5, 5.41) is 1.42. The third-order valence-corrected chi connectivity index (χ3v) is 5.33. The van der Waals surface area contributed by atoms with Crippen molar-refractivity contribution < 1.29 is 0 Å². The lowest BCUT2D eigenvalue weighted by molar-refractivity contribution is 0.475. The average molecular weight is 269 g/mol. The molecule has 0 amide bonds. The van der Waals surface area contributed by atoms with Gasteiger partial charge in [-0.1, -0.05) is 19.9 Å². The summed E-state index contributed by atoms with van der Waals surface area (Å²) in [5.74, 6) is 2.13. The van der Waals surface area contributed by atoms with Crippen molar-refractivity contribution in [1.29, 1.82) is 0 Å². The molecule has 4 heterocycles. The molecule has 0 saturated carbocycles. The van der Waals surface area contributed by atoms with Crippen molar-refractivity contribution in [3.63, 3.8) is 0 Å². The molecule has 2 aromatic rings. The third kappa shape index (κ3) is 1.56. The maximum Gasteiger partial charge on any atom is 0.110 e. The second-order valence-corrected chi connectivity index (χ2v) is 7.00. The number of hydrogen-bond acceptors (Lipinski definition) is 2. The van der Waals surface area contributed by atoms with E-state index in [1.54, 1.807) is 5.56 Å². The molecule has 20 heavy (non-hydrogen) atoms. The normalized spacial score (nSPS) is 18.9. The maximum atomic E-state index is 5.94. The van der Waals surface area contributed by atoms with Crippen LogP contribution in [0.3, 0.4) is 0 Å². The summed E-state index contributed by atoms with van der Waals surface area (Å²) in [5.41, 5.74) is 10.2. The summed E-state index contributed by atoms with van der Waals surface area (Å²) in [7, 11) is 0. The molecule has 0 aliphatic carbocycles. The Balaban J connectivity index is 1.93. The Bertz CT molecular complexity index is 660. The van der Waals surface area contributed by atoms with E-state index in [9.17, 15) is 0 Å². The largest absolute Gasteiger partial charge is 0.358 e. The Morgan fingerprint density at radius 1 is 1.30 bits per heavy atom. The van der Waals surface area contributed by atoms with Gasteiger partial charge in [-0.05, 0) is 36.5 Å². The van der Waals surface area contributed by atoms with Crippen LogP contribution in [0.4, 0.5) is 5.82 Å². The summed E-state index contributed by atoms with van der Waals surface area (Å²) in [4.78, 5) is 6.16. The van der Waals surface area contributed by atoms with Gasteiger partial charge < -0.3 is 15.6 Å². The number of hydrogen-bond donors (Lipinski definition) is 2. The van der Waals surface area contributed by atoms with Gasteiger partial charge in [-0.25, -0.2) is 0 Å². The van der Waals surface area contributed by atoms with Crippen LogP contribution < -0.4 is 10.6 Å². The van der Waals surface area contributed by atoms with Crippen LogP contribution in [0.5, 0.6) is 0 Å². The molecular weight excluding hydrogens is 246 g/mol. The lowest BCUT2D eigenvalue weighted by Gasteiger charge is -2.40. The Labute approximate surface area is 120 Å². The summed E-state index contributed by atoms with van der Waals surface area (Å²) >= 11 is 0. The van der Waals surface area contributed by atoms with E-state index in [2.05, 4.69) is 41.9 Å². The molecule has 5 rings (SSSR count). The number of rotatable bonds is 2. The Morgan fingerprint density at radius 2 is 2.05 bits per heavy atom. The van der Waals surface area contributed by atoms with Gasteiger partial charge in [-0.3, -0.25) is 0 Å². The van der Waals surface area contributed by atoms with Gasteiger partial charge in [0.05, 0.1) is 0 Å². The number of aromatic nitrogens is 1. The van der Waals surface area contributed by atoms with Gasteiger partial charge in [0.25, 0.3) is 0 Å². The quantitative estimate of drug-likeness (QED) is 0.880. The van der Waals surface area contributed by atoms with Gasteiger partial charge in [0, 0.05) is 41.5 Å². The number of nitrogens with two attached hydrogens (primary N) is 1. The molecule has 1 saturated heterocycles. The zero-order chi connectivity index (χ0) is 13.9. The number of nitrogens with zero attached hydrogens (tertiary/aromatic N) is 1. The molecule has 3 nitrogen and oxygen atoms in total. The van der Waals surface area contributed by atoms with Crippen molar-refractivity contribution >= 4 is 16.7 Å². The molecule has 0 radical (unpaired) electrons. The summed E-state index contributed by atoms with van der Waals surface area (Å²) in [6, 6.07) is 6.84. The number of anilines is 1. The van der Waals surface area contributed by atoms with Crippen LogP contribution in [0.2, 0.25) is 0 Å². The minimum Gasteiger partial charge on any atom is -0.358 e. The van der Waals surface area contributed by atoms with Gasteiger partial charge in [-0.15, -0.1) is 0 Å². The molecule has 0 unspecified atom stereocenters. The van der Waals surface area contributed by atoms with Crippen LogP contribution in [0, 0.1) is 0 Å². The minimum atomic E-state index is 0.0479. The Kier molecular flexibility index (Phi) is 2.46. The van der Waals surface area contributed by atoms with E-state index in [4.69, 9.17) is 5.73 Å². The van der Waals surface area contributed by atoms with Crippen LogP contribution in [0.25, 0.3) is 10.9 Å². The standard InChI is InChI=1S/C17H23N3/c1-17(2,10-18)12-3-4-14-13(9-12)15-11-5-7-20(8-6-11)16(15)19-14/h3-4,9,11,19H,5-8,10,18H2,1-2H3. The fraction of sp³-hybridized carbons (Fsp3) is 0.529. The SMILES string of the molecule is CC(C)(CN)c1ccc2[nH]c3c(c2c1)C1CCN3CC1. The van der Waals surface area contributed by atoms with Crippen LogP contribution in [-0.4, -0.2) is 24.6 Å². The third-order valence-electron chi connectivity index (χ3n) is 5.33. The van der Waals surface area contributed by atoms with Crippen LogP contribution in [0.1, 0.15) is 43.7 Å². The van der Waals surface area contributed by atoms with Gasteiger partial charge in [-0.2, -0.15) is 0 Å². The number of fused-ring (bicyclic) bond motifs is 3. The van der Waals surface area contributed by atoms with E-state index in [1.165, 1.54) is 48.2 Å². The summed E-state index contributed by atoms with van der Waals surface area (Å²) in [6.07, 6.45) is 2.62. The monoisotopic (exact) mass is 269 g/mol. The Hall–Kier alpha value is -1.48. The van der Waals surface area contributed by atoms with Crippen LogP contribution in [-0.2, 0) is 5.41 Å². The van der Waals surface area contributed by atoms with Gasteiger partial charge in [0.15, 0.2) is 0 Å². The summed E-state index contributed by atoms with van der Waals surface area (Å²) < 4.78 is 0. The van der Waals surface area contributed by atoms with E-state index < -0.39 is 0 Å². The van der Waals surface area contributed by atoms with E-state index in [-0.39, 0.29) is 5.41 Å². The molecule has 1 fully saturated rings. The second-order valence-electron chi connectivity index (χ2n) is 7.00.